The Morgan fingerprint density at radius 1 is 1.39 bits per heavy atom. The van der Waals surface area contributed by atoms with Gasteiger partial charge in [0.1, 0.15) is 0 Å². The normalized spacial score (nSPS) is 20.2. The topological polar surface area (TPSA) is 69.2 Å². The Kier molecular flexibility index (Phi) is 2.81. The van der Waals surface area contributed by atoms with Crippen LogP contribution in [0.4, 0.5) is 18.9 Å². The second kappa shape index (κ2) is 3.94. The van der Waals surface area contributed by atoms with Crippen LogP contribution in [0.2, 0.25) is 0 Å². The van der Waals surface area contributed by atoms with E-state index in [1.165, 1.54) is 6.07 Å². The average molecular weight is 260 g/mol. The first-order valence-electron chi connectivity index (χ1n) is 5.32. The van der Waals surface area contributed by atoms with Crippen molar-refractivity contribution in [2.45, 2.75) is 24.2 Å². The van der Waals surface area contributed by atoms with Crippen LogP contribution in [0.5, 0.6) is 0 Å². The Morgan fingerprint density at radius 3 is 2.44 bits per heavy atom. The second-order valence-electron chi connectivity index (χ2n) is 4.62. The van der Waals surface area contributed by atoms with Crippen LogP contribution in [-0.2, 0) is 5.41 Å². The highest BCUT2D eigenvalue weighted by molar-refractivity contribution is 5.42. The predicted molar refractivity (Wildman–Crippen MR) is 58.0 cm³/mol. The molecule has 1 aromatic rings. The second-order valence-corrected chi connectivity index (χ2v) is 4.62. The Balaban J connectivity index is 2.40. The van der Waals surface area contributed by atoms with Crippen molar-refractivity contribution >= 4 is 5.69 Å². The summed E-state index contributed by atoms with van der Waals surface area (Å²) in [5, 5.41) is 10.6. The summed E-state index contributed by atoms with van der Waals surface area (Å²) >= 11 is 0. The lowest BCUT2D eigenvalue weighted by molar-refractivity contribution is -0.387. The van der Waals surface area contributed by atoms with Crippen molar-refractivity contribution in [1.29, 1.82) is 0 Å². The van der Waals surface area contributed by atoms with Crippen LogP contribution in [0.1, 0.15) is 18.4 Å². The molecule has 18 heavy (non-hydrogen) atoms. The third-order valence-corrected chi connectivity index (χ3v) is 3.34. The molecule has 0 aliphatic heterocycles. The van der Waals surface area contributed by atoms with Crippen LogP contribution in [0.3, 0.4) is 0 Å². The zero-order valence-electron chi connectivity index (χ0n) is 9.33. The molecule has 0 bridgehead atoms. The van der Waals surface area contributed by atoms with Gasteiger partial charge in [-0.05, 0) is 11.6 Å². The summed E-state index contributed by atoms with van der Waals surface area (Å²) in [6.45, 7) is -0.0502. The van der Waals surface area contributed by atoms with Crippen LogP contribution in [-0.4, -0.2) is 17.4 Å². The van der Waals surface area contributed by atoms with Crippen LogP contribution in [0.25, 0.3) is 0 Å². The van der Waals surface area contributed by atoms with Crippen molar-refractivity contribution < 1.29 is 18.1 Å². The maximum absolute atomic E-state index is 13.2. The summed E-state index contributed by atoms with van der Waals surface area (Å²) in [7, 11) is 0. The van der Waals surface area contributed by atoms with E-state index >= 15 is 0 Å². The van der Waals surface area contributed by atoms with Gasteiger partial charge in [-0.25, -0.2) is 8.78 Å². The summed E-state index contributed by atoms with van der Waals surface area (Å²) in [6, 6.07) is 3.20. The van der Waals surface area contributed by atoms with E-state index in [0.29, 0.717) is 5.56 Å². The molecule has 0 amide bonds. The lowest BCUT2D eigenvalue weighted by Gasteiger charge is -2.47. The molecular formula is C11H11F3N2O2. The summed E-state index contributed by atoms with van der Waals surface area (Å²) in [4.78, 5) is 9.73. The van der Waals surface area contributed by atoms with E-state index in [-0.39, 0.29) is 6.54 Å². The lowest BCUT2D eigenvalue weighted by Crippen LogP contribution is -2.53. The first-order chi connectivity index (χ1) is 8.30. The van der Waals surface area contributed by atoms with Gasteiger partial charge >= 0.3 is 5.69 Å². The van der Waals surface area contributed by atoms with Crippen molar-refractivity contribution in [2.24, 2.45) is 5.73 Å². The minimum Gasteiger partial charge on any atom is -0.330 e. The number of hydrogen-bond donors (Lipinski definition) is 1. The Morgan fingerprint density at radius 2 is 2.00 bits per heavy atom. The monoisotopic (exact) mass is 260 g/mol. The number of benzene rings is 1. The maximum Gasteiger partial charge on any atom is 0.305 e. The fourth-order valence-electron chi connectivity index (χ4n) is 2.39. The highest BCUT2D eigenvalue weighted by Crippen LogP contribution is 2.53. The molecule has 1 aromatic carbocycles. The largest absolute Gasteiger partial charge is 0.330 e. The smallest absolute Gasteiger partial charge is 0.305 e. The zero-order valence-corrected chi connectivity index (χ0v) is 9.33. The van der Waals surface area contributed by atoms with Crippen molar-refractivity contribution in [1.82, 2.24) is 0 Å². The zero-order chi connectivity index (χ0) is 13.6. The third-order valence-electron chi connectivity index (χ3n) is 3.34. The molecule has 98 valence electrons. The van der Waals surface area contributed by atoms with Gasteiger partial charge < -0.3 is 5.73 Å². The highest BCUT2D eigenvalue weighted by atomic mass is 19.3. The Labute approximate surface area is 101 Å². The molecule has 7 heteroatoms. The highest BCUT2D eigenvalue weighted by Gasteiger charge is 2.56. The molecule has 2 rings (SSSR count). The molecule has 0 aromatic heterocycles. The van der Waals surface area contributed by atoms with Crippen molar-refractivity contribution in [2.75, 3.05) is 6.54 Å². The first kappa shape index (κ1) is 12.8. The number of rotatable bonds is 3. The molecular weight excluding hydrogens is 249 g/mol. The number of nitro benzene ring substituents is 1. The summed E-state index contributed by atoms with van der Waals surface area (Å²) in [5.74, 6) is -3.79. The van der Waals surface area contributed by atoms with E-state index in [2.05, 4.69) is 0 Å². The third kappa shape index (κ3) is 1.94. The van der Waals surface area contributed by atoms with Crippen LogP contribution in [0.15, 0.2) is 18.2 Å². The maximum atomic E-state index is 13.2. The van der Waals surface area contributed by atoms with Gasteiger partial charge in [0.05, 0.1) is 4.92 Å². The minimum atomic E-state index is -2.80. The van der Waals surface area contributed by atoms with E-state index in [4.69, 9.17) is 5.73 Å². The molecule has 0 atom stereocenters. The quantitative estimate of drug-likeness (QED) is 0.670. The molecule has 2 N–H and O–H groups in total. The van der Waals surface area contributed by atoms with E-state index in [1.54, 1.807) is 0 Å². The molecule has 1 aliphatic rings. The number of nitrogens with zero attached hydrogens (tertiary/aromatic N) is 1. The van der Waals surface area contributed by atoms with Crippen molar-refractivity contribution in [3.63, 3.8) is 0 Å². The molecule has 1 fully saturated rings. The number of hydrogen-bond acceptors (Lipinski definition) is 3. The molecule has 0 saturated heterocycles. The van der Waals surface area contributed by atoms with Gasteiger partial charge in [-0.2, -0.15) is 4.39 Å². The van der Waals surface area contributed by atoms with E-state index in [0.717, 1.165) is 12.1 Å². The SMILES string of the molecule is NCC1(c2ccc(F)c([N+](=O)[O-])c2)CC(F)(F)C1. The van der Waals surface area contributed by atoms with E-state index in [1.807, 2.05) is 0 Å². The van der Waals surface area contributed by atoms with Gasteiger partial charge in [-0.1, -0.05) is 6.07 Å². The molecule has 0 unspecified atom stereocenters. The van der Waals surface area contributed by atoms with Crippen LogP contribution < -0.4 is 5.73 Å². The molecule has 0 heterocycles. The van der Waals surface area contributed by atoms with Crippen LogP contribution in [0, 0.1) is 15.9 Å². The van der Waals surface area contributed by atoms with Gasteiger partial charge in [-0.15, -0.1) is 0 Å². The van der Waals surface area contributed by atoms with Gasteiger partial charge in [0.25, 0.3) is 0 Å². The summed E-state index contributed by atoms with van der Waals surface area (Å²) in [5.41, 5.74) is 4.09. The Bertz CT molecular complexity index is 497. The molecule has 0 radical (unpaired) electrons. The van der Waals surface area contributed by atoms with Gasteiger partial charge in [0.15, 0.2) is 0 Å². The standard InChI is InChI=1S/C11H11F3N2O2/c12-8-2-1-7(3-9(8)16(17)18)10(6-15)4-11(13,14)5-10/h1-3H,4-6,15H2. The van der Waals surface area contributed by atoms with E-state index < -0.39 is 40.6 Å². The first-order valence-corrected chi connectivity index (χ1v) is 5.32. The minimum absolute atomic E-state index is 0.0502. The molecule has 1 aliphatic carbocycles. The van der Waals surface area contributed by atoms with Crippen molar-refractivity contribution in [3.05, 3.63) is 39.7 Å². The molecule has 4 nitrogen and oxygen atoms in total. The van der Waals surface area contributed by atoms with Gasteiger partial charge in [0, 0.05) is 30.9 Å². The number of nitro groups is 1. The Hall–Kier alpha value is -1.63. The number of alkyl halides is 2. The lowest BCUT2D eigenvalue weighted by atomic mass is 9.62. The van der Waals surface area contributed by atoms with Crippen molar-refractivity contribution in [3.8, 4) is 0 Å². The number of halogens is 3. The van der Waals surface area contributed by atoms with Gasteiger partial charge in [-0.3, -0.25) is 10.1 Å². The molecule has 1 saturated carbocycles. The molecule has 0 spiro atoms. The summed E-state index contributed by atoms with van der Waals surface area (Å²) in [6.07, 6.45) is -0.918. The summed E-state index contributed by atoms with van der Waals surface area (Å²) < 4.78 is 39.1. The fraction of sp³-hybridized carbons (Fsp3) is 0.455. The number of nitrogens with two attached hydrogens (primary N) is 1. The fourth-order valence-corrected chi connectivity index (χ4v) is 2.39. The predicted octanol–water partition coefficient (Wildman–Crippen LogP) is 2.36. The van der Waals surface area contributed by atoms with Crippen LogP contribution >= 0.6 is 0 Å². The van der Waals surface area contributed by atoms with E-state index in [9.17, 15) is 23.3 Å². The van der Waals surface area contributed by atoms with Gasteiger partial charge in [0.2, 0.25) is 11.7 Å². The average Bonchev–Trinajstić information content (AvgIpc) is 2.25.